The minimum Gasteiger partial charge on any atom is -0.489 e. The number of hydrogen-bond donors (Lipinski definition) is 0. The Morgan fingerprint density at radius 1 is 1.30 bits per heavy atom. The van der Waals surface area contributed by atoms with Crippen LogP contribution in [0.4, 0.5) is 0 Å². The largest absolute Gasteiger partial charge is 0.489 e. The molecule has 2 aromatic rings. The minimum atomic E-state index is 0.547. The zero-order valence-corrected chi connectivity index (χ0v) is 13.8. The van der Waals surface area contributed by atoms with Crippen LogP contribution in [-0.4, -0.2) is 40.7 Å². The molecule has 4 heteroatoms. The molecule has 0 bridgehead atoms. The Bertz CT molecular complexity index is 747. The van der Waals surface area contributed by atoms with Gasteiger partial charge in [-0.25, -0.2) is 4.98 Å². The number of imidazole rings is 1. The number of aryl methyl sites for hydroxylation is 2. The van der Waals surface area contributed by atoms with Crippen molar-refractivity contribution in [3.8, 4) is 5.75 Å². The minimum absolute atomic E-state index is 0.547. The number of nitrogens with zero attached hydrogens (tertiary/aromatic N) is 3. The van der Waals surface area contributed by atoms with E-state index in [1.807, 2.05) is 12.1 Å². The molecule has 2 aliphatic rings. The highest BCUT2D eigenvalue weighted by Crippen LogP contribution is 2.29. The quantitative estimate of drug-likeness (QED) is 0.873. The molecule has 4 rings (SSSR count). The molecule has 1 unspecified atom stereocenters. The maximum absolute atomic E-state index is 5.87. The number of hydrogen-bond acceptors (Lipinski definition) is 3. The summed E-state index contributed by atoms with van der Waals surface area (Å²) in [5.41, 5.74) is 3.67. The van der Waals surface area contributed by atoms with Crippen molar-refractivity contribution in [1.82, 2.24) is 14.5 Å². The normalized spacial score (nSPS) is 21.0. The van der Waals surface area contributed by atoms with Crippen molar-refractivity contribution < 1.29 is 4.74 Å². The fourth-order valence-electron chi connectivity index (χ4n) is 3.74. The van der Waals surface area contributed by atoms with E-state index >= 15 is 0 Å². The van der Waals surface area contributed by atoms with Gasteiger partial charge in [-0.05, 0) is 37.6 Å². The summed E-state index contributed by atoms with van der Waals surface area (Å²) in [6, 6.07) is 8.25. The molecule has 1 atom stereocenters. The van der Waals surface area contributed by atoms with Gasteiger partial charge in [-0.2, -0.15) is 0 Å². The van der Waals surface area contributed by atoms with Crippen LogP contribution in [0.3, 0.4) is 0 Å². The second-order valence-electron chi connectivity index (χ2n) is 6.70. The monoisotopic (exact) mass is 309 g/mol. The van der Waals surface area contributed by atoms with E-state index in [0.717, 1.165) is 31.1 Å². The van der Waals surface area contributed by atoms with Crippen LogP contribution >= 0.6 is 0 Å². The first-order valence-electron chi connectivity index (χ1n) is 8.32. The van der Waals surface area contributed by atoms with Gasteiger partial charge in [0, 0.05) is 37.8 Å². The molecule has 0 radical (unpaired) electrons. The van der Waals surface area contributed by atoms with E-state index in [9.17, 15) is 0 Å². The van der Waals surface area contributed by atoms with E-state index in [-0.39, 0.29) is 0 Å². The highest BCUT2D eigenvalue weighted by Gasteiger charge is 2.27. The molecule has 0 aliphatic carbocycles. The van der Waals surface area contributed by atoms with E-state index in [0.29, 0.717) is 12.5 Å². The molecule has 0 N–H and O–H groups in total. The molecule has 4 nitrogen and oxygen atoms in total. The molecule has 2 aliphatic heterocycles. The third-order valence-corrected chi connectivity index (χ3v) is 4.79. The average Bonchev–Trinajstić information content (AvgIpc) is 3.13. The second-order valence-corrected chi connectivity index (χ2v) is 6.70. The van der Waals surface area contributed by atoms with Crippen molar-refractivity contribution >= 4 is 6.08 Å². The highest BCUT2D eigenvalue weighted by molar-refractivity contribution is 5.62. The summed E-state index contributed by atoms with van der Waals surface area (Å²) in [4.78, 5) is 7.23. The molecule has 3 heterocycles. The van der Waals surface area contributed by atoms with Crippen LogP contribution in [0.1, 0.15) is 29.4 Å². The van der Waals surface area contributed by atoms with Crippen LogP contribution in [-0.2, 0) is 7.05 Å². The summed E-state index contributed by atoms with van der Waals surface area (Å²) >= 11 is 0. The average molecular weight is 309 g/mol. The van der Waals surface area contributed by atoms with Crippen LogP contribution in [0.25, 0.3) is 6.08 Å². The fourth-order valence-corrected chi connectivity index (χ4v) is 3.74. The summed E-state index contributed by atoms with van der Waals surface area (Å²) in [6.45, 7) is 5.99. The van der Waals surface area contributed by atoms with Gasteiger partial charge >= 0.3 is 0 Å². The van der Waals surface area contributed by atoms with Gasteiger partial charge in [-0.15, -0.1) is 0 Å². The molecular formula is C19H23N3O. The maximum Gasteiger partial charge on any atom is 0.127 e. The first-order valence-corrected chi connectivity index (χ1v) is 8.32. The Hall–Kier alpha value is -2.07. The first-order chi connectivity index (χ1) is 11.2. The smallest absolute Gasteiger partial charge is 0.127 e. The number of benzene rings is 1. The fraction of sp³-hybridized carbons (Fsp3) is 0.421. The molecule has 120 valence electrons. The summed E-state index contributed by atoms with van der Waals surface area (Å²) in [7, 11) is 2.10. The van der Waals surface area contributed by atoms with Gasteiger partial charge < -0.3 is 9.30 Å². The number of fused-ring (bicyclic) bond motifs is 1. The summed E-state index contributed by atoms with van der Waals surface area (Å²) in [5, 5.41) is 0. The third-order valence-electron chi connectivity index (χ3n) is 4.79. The van der Waals surface area contributed by atoms with Crippen LogP contribution < -0.4 is 4.74 Å². The lowest BCUT2D eigenvalue weighted by molar-refractivity contribution is 0.307. The van der Waals surface area contributed by atoms with Gasteiger partial charge in [0.05, 0.1) is 5.69 Å². The molecule has 0 amide bonds. The molecule has 1 aromatic heterocycles. The standard InChI is InChI=1S/C19H23N3O/c1-14-10-21(2)19(20-14)17-7-8-22(12-17)11-15-9-16-5-3-4-6-18(16)23-13-15/h3-6,9-10,17H,7-8,11-13H2,1-2H3. The number of aromatic nitrogens is 2. The Labute approximate surface area is 137 Å². The van der Waals surface area contributed by atoms with Gasteiger partial charge in [-0.3, -0.25) is 4.90 Å². The molecule has 23 heavy (non-hydrogen) atoms. The van der Waals surface area contributed by atoms with E-state index in [2.05, 4.69) is 47.8 Å². The Kier molecular flexibility index (Phi) is 3.69. The zero-order valence-electron chi connectivity index (χ0n) is 13.8. The van der Waals surface area contributed by atoms with Crippen molar-refractivity contribution in [1.29, 1.82) is 0 Å². The highest BCUT2D eigenvalue weighted by atomic mass is 16.5. The number of para-hydroxylation sites is 1. The van der Waals surface area contributed by atoms with Crippen molar-refractivity contribution in [3.63, 3.8) is 0 Å². The summed E-state index contributed by atoms with van der Waals surface area (Å²) in [5.74, 6) is 2.77. The predicted molar refractivity (Wildman–Crippen MR) is 91.7 cm³/mol. The van der Waals surface area contributed by atoms with E-state index in [1.165, 1.54) is 23.4 Å². The lowest BCUT2D eigenvalue weighted by atomic mass is 10.1. The molecule has 1 aromatic carbocycles. The van der Waals surface area contributed by atoms with Crippen LogP contribution in [0, 0.1) is 6.92 Å². The van der Waals surface area contributed by atoms with Gasteiger partial charge in [0.25, 0.3) is 0 Å². The Morgan fingerprint density at radius 3 is 3.00 bits per heavy atom. The van der Waals surface area contributed by atoms with E-state index < -0.39 is 0 Å². The maximum atomic E-state index is 5.87. The number of ether oxygens (including phenoxy) is 1. The van der Waals surface area contributed by atoms with Gasteiger partial charge in [0.1, 0.15) is 18.2 Å². The second kappa shape index (κ2) is 5.85. The van der Waals surface area contributed by atoms with Crippen molar-refractivity contribution in [3.05, 3.63) is 53.1 Å². The molecule has 0 spiro atoms. The van der Waals surface area contributed by atoms with E-state index in [1.54, 1.807) is 0 Å². The van der Waals surface area contributed by atoms with Gasteiger partial charge in [0.15, 0.2) is 0 Å². The van der Waals surface area contributed by atoms with Crippen LogP contribution in [0.5, 0.6) is 5.75 Å². The molecular weight excluding hydrogens is 286 g/mol. The van der Waals surface area contributed by atoms with Crippen LogP contribution in [0.15, 0.2) is 36.0 Å². The lowest BCUT2D eigenvalue weighted by Crippen LogP contribution is -2.26. The summed E-state index contributed by atoms with van der Waals surface area (Å²) < 4.78 is 8.05. The Balaban J connectivity index is 1.43. The van der Waals surface area contributed by atoms with Gasteiger partial charge in [-0.1, -0.05) is 18.2 Å². The molecule has 1 fully saturated rings. The van der Waals surface area contributed by atoms with E-state index in [4.69, 9.17) is 9.72 Å². The topological polar surface area (TPSA) is 30.3 Å². The van der Waals surface area contributed by atoms with Crippen molar-refractivity contribution in [2.24, 2.45) is 7.05 Å². The SMILES string of the molecule is Cc1cn(C)c(C2CCN(CC3=Cc4ccccc4OC3)C2)n1. The zero-order chi connectivity index (χ0) is 15.8. The summed E-state index contributed by atoms with van der Waals surface area (Å²) in [6.07, 6.45) is 5.60. The van der Waals surface area contributed by atoms with Gasteiger partial charge in [0.2, 0.25) is 0 Å². The first kappa shape index (κ1) is 14.5. The molecule has 0 saturated carbocycles. The predicted octanol–water partition coefficient (Wildman–Crippen LogP) is 2.99. The lowest BCUT2D eigenvalue weighted by Gasteiger charge is -2.22. The number of rotatable bonds is 3. The van der Waals surface area contributed by atoms with Crippen molar-refractivity contribution in [2.75, 3.05) is 26.2 Å². The van der Waals surface area contributed by atoms with Crippen molar-refractivity contribution in [2.45, 2.75) is 19.3 Å². The van der Waals surface area contributed by atoms with Crippen LogP contribution in [0.2, 0.25) is 0 Å². The third kappa shape index (κ3) is 2.91. The Morgan fingerprint density at radius 2 is 2.17 bits per heavy atom. The number of likely N-dealkylation sites (tertiary alicyclic amines) is 1. The molecule has 1 saturated heterocycles.